The van der Waals surface area contributed by atoms with Gasteiger partial charge in [-0.3, -0.25) is 0 Å². The van der Waals surface area contributed by atoms with E-state index in [-0.39, 0.29) is 5.82 Å². The molecule has 0 amide bonds. The molecule has 5 heteroatoms. The molecule has 0 aliphatic heterocycles. The Hall–Kier alpha value is -0.490. The molecule has 2 N–H and O–H groups in total. The van der Waals surface area contributed by atoms with E-state index in [0.29, 0.717) is 30.6 Å². The molecule has 1 unspecified atom stereocenters. The average Bonchev–Trinajstić information content (AvgIpc) is 2.25. The fourth-order valence-electron chi connectivity index (χ4n) is 1.60. The lowest BCUT2D eigenvalue weighted by molar-refractivity contribution is 0.0247. The van der Waals surface area contributed by atoms with E-state index >= 15 is 0 Å². The third-order valence-electron chi connectivity index (χ3n) is 2.60. The van der Waals surface area contributed by atoms with Crippen molar-refractivity contribution >= 4 is 15.9 Å². The van der Waals surface area contributed by atoms with Crippen molar-refractivity contribution < 1.29 is 14.2 Å². The molecule has 3 nitrogen and oxygen atoms in total. The molecule has 0 aliphatic carbocycles. The topological polar surface area (TPSA) is 41.5 Å². The van der Waals surface area contributed by atoms with Gasteiger partial charge in [0.1, 0.15) is 5.82 Å². The van der Waals surface area contributed by atoms with Gasteiger partial charge in [0.05, 0.1) is 5.60 Å². The number of hydrogen-bond donors (Lipinski definition) is 2. The zero-order valence-electron chi connectivity index (χ0n) is 10.7. The maximum Gasteiger partial charge on any atom is 0.124 e. The molecule has 0 spiro atoms. The summed E-state index contributed by atoms with van der Waals surface area (Å²) in [7, 11) is 1.60. The number of nitrogens with one attached hydrogen (secondary N) is 1. The second kappa shape index (κ2) is 7.19. The molecular formula is C13H19BrFNO2. The van der Waals surface area contributed by atoms with Crippen LogP contribution in [0.25, 0.3) is 0 Å². The molecule has 102 valence electrons. The predicted molar refractivity (Wildman–Crippen MR) is 72.9 cm³/mol. The zero-order chi connectivity index (χ0) is 13.6. The van der Waals surface area contributed by atoms with Crippen LogP contribution in [0.3, 0.4) is 0 Å². The maximum atomic E-state index is 13.1. The highest BCUT2D eigenvalue weighted by atomic mass is 79.9. The lowest BCUT2D eigenvalue weighted by Gasteiger charge is -2.23. The van der Waals surface area contributed by atoms with Gasteiger partial charge in [-0.05, 0) is 30.7 Å². The largest absolute Gasteiger partial charge is 0.389 e. The highest BCUT2D eigenvalue weighted by Gasteiger charge is 2.19. The van der Waals surface area contributed by atoms with Crippen LogP contribution in [0.15, 0.2) is 22.7 Å². The van der Waals surface area contributed by atoms with Gasteiger partial charge >= 0.3 is 0 Å². The van der Waals surface area contributed by atoms with Crippen LogP contribution in [0.2, 0.25) is 0 Å². The van der Waals surface area contributed by atoms with Crippen molar-refractivity contribution in [2.45, 2.75) is 25.5 Å². The fourth-order valence-corrected chi connectivity index (χ4v) is 2.11. The van der Waals surface area contributed by atoms with Gasteiger partial charge in [-0.1, -0.05) is 15.9 Å². The van der Waals surface area contributed by atoms with Gasteiger partial charge in [0.15, 0.2) is 0 Å². The van der Waals surface area contributed by atoms with Crippen molar-refractivity contribution in [2.24, 2.45) is 0 Å². The van der Waals surface area contributed by atoms with E-state index in [2.05, 4.69) is 21.2 Å². The number of rotatable bonds is 7. The third-order valence-corrected chi connectivity index (χ3v) is 3.06. The van der Waals surface area contributed by atoms with Crippen molar-refractivity contribution in [2.75, 3.05) is 20.3 Å². The highest BCUT2D eigenvalue weighted by Crippen LogP contribution is 2.15. The summed E-state index contributed by atoms with van der Waals surface area (Å²) in [5, 5.41) is 13.1. The summed E-state index contributed by atoms with van der Waals surface area (Å²) in [6, 6.07) is 4.74. The summed E-state index contributed by atoms with van der Waals surface area (Å²) in [6.07, 6.45) is 0.559. The first-order valence-electron chi connectivity index (χ1n) is 5.80. The van der Waals surface area contributed by atoms with Crippen LogP contribution in [0.4, 0.5) is 4.39 Å². The van der Waals surface area contributed by atoms with Gasteiger partial charge < -0.3 is 15.2 Å². The van der Waals surface area contributed by atoms with Crippen LogP contribution in [0.5, 0.6) is 0 Å². The van der Waals surface area contributed by atoms with Gasteiger partial charge in [0.2, 0.25) is 0 Å². The molecule has 0 fully saturated rings. The second-order valence-corrected chi connectivity index (χ2v) is 5.54. The second-order valence-electron chi connectivity index (χ2n) is 4.62. The minimum Gasteiger partial charge on any atom is -0.389 e. The van der Waals surface area contributed by atoms with E-state index in [4.69, 9.17) is 4.74 Å². The van der Waals surface area contributed by atoms with Crippen LogP contribution in [0.1, 0.15) is 18.9 Å². The first-order valence-corrected chi connectivity index (χ1v) is 6.59. The Labute approximate surface area is 115 Å². The molecular weight excluding hydrogens is 301 g/mol. The summed E-state index contributed by atoms with van der Waals surface area (Å²) in [4.78, 5) is 0. The first-order chi connectivity index (χ1) is 8.43. The Morgan fingerprint density at radius 1 is 1.44 bits per heavy atom. The number of ether oxygens (including phenoxy) is 1. The highest BCUT2D eigenvalue weighted by molar-refractivity contribution is 9.10. The van der Waals surface area contributed by atoms with E-state index in [1.54, 1.807) is 14.0 Å². The average molecular weight is 320 g/mol. The monoisotopic (exact) mass is 319 g/mol. The van der Waals surface area contributed by atoms with Gasteiger partial charge in [-0.15, -0.1) is 0 Å². The van der Waals surface area contributed by atoms with E-state index in [9.17, 15) is 9.50 Å². The van der Waals surface area contributed by atoms with Gasteiger partial charge in [0.25, 0.3) is 0 Å². The molecule has 18 heavy (non-hydrogen) atoms. The number of benzene rings is 1. The molecule has 0 radical (unpaired) electrons. The SMILES string of the molecule is COCCC(C)(O)CNCc1cc(F)cc(Br)c1. The summed E-state index contributed by atoms with van der Waals surface area (Å²) < 4.78 is 18.8. The Morgan fingerprint density at radius 2 is 2.17 bits per heavy atom. The van der Waals surface area contributed by atoms with Crippen LogP contribution in [-0.4, -0.2) is 31.0 Å². The van der Waals surface area contributed by atoms with Crippen molar-refractivity contribution in [1.82, 2.24) is 5.32 Å². The minimum atomic E-state index is -0.819. The third kappa shape index (κ3) is 5.91. The molecule has 1 atom stereocenters. The number of aliphatic hydroxyl groups is 1. The van der Waals surface area contributed by atoms with E-state index in [1.165, 1.54) is 12.1 Å². The predicted octanol–water partition coefficient (Wildman–Crippen LogP) is 2.47. The summed E-state index contributed by atoms with van der Waals surface area (Å²) in [6.45, 7) is 3.21. The Kier molecular flexibility index (Phi) is 6.21. The molecule has 0 bridgehead atoms. The van der Waals surface area contributed by atoms with Crippen molar-refractivity contribution in [3.8, 4) is 0 Å². The molecule has 0 heterocycles. The van der Waals surface area contributed by atoms with Crippen molar-refractivity contribution in [3.63, 3.8) is 0 Å². The molecule has 1 rings (SSSR count). The van der Waals surface area contributed by atoms with Gasteiger partial charge in [-0.2, -0.15) is 0 Å². The Balaban J connectivity index is 2.41. The maximum absolute atomic E-state index is 13.1. The summed E-state index contributed by atoms with van der Waals surface area (Å²) in [5.74, 6) is -0.271. The molecule has 1 aromatic carbocycles. The zero-order valence-corrected chi connectivity index (χ0v) is 12.3. The number of hydrogen-bond acceptors (Lipinski definition) is 3. The molecule has 0 saturated heterocycles. The van der Waals surface area contributed by atoms with Gasteiger partial charge in [-0.25, -0.2) is 4.39 Å². The van der Waals surface area contributed by atoms with Crippen molar-refractivity contribution in [3.05, 3.63) is 34.1 Å². The van der Waals surface area contributed by atoms with E-state index < -0.39 is 5.60 Å². The van der Waals surface area contributed by atoms with Crippen LogP contribution >= 0.6 is 15.9 Å². The number of halogens is 2. The molecule has 0 aliphatic rings. The quantitative estimate of drug-likeness (QED) is 0.811. The van der Waals surface area contributed by atoms with Crippen LogP contribution in [-0.2, 0) is 11.3 Å². The van der Waals surface area contributed by atoms with E-state index in [1.807, 2.05) is 6.07 Å². The summed E-state index contributed by atoms with van der Waals surface area (Å²) >= 11 is 3.24. The van der Waals surface area contributed by atoms with Crippen LogP contribution < -0.4 is 5.32 Å². The Bertz CT molecular complexity index is 365. The smallest absolute Gasteiger partial charge is 0.124 e. The molecule has 1 aromatic rings. The van der Waals surface area contributed by atoms with Crippen molar-refractivity contribution in [1.29, 1.82) is 0 Å². The molecule has 0 saturated carbocycles. The number of methoxy groups -OCH3 is 1. The fraction of sp³-hybridized carbons (Fsp3) is 0.538. The lowest BCUT2D eigenvalue weighted by Crippen LogP contribution is -2.38. The Morgan fingerprint density at radius 3 is 2.78 bits per heavy atom. The molecule has 0 aromatic heterocycles. The lowest BCUT2D eigenvalue weighted by atomic mass is 10.0. The summed E-state index contributed by atoms with van der Waals surface area (Å²) in [5.41, 5.74) is 0.0185. The normalized spacial score (nSPS) is 14.5. The first kappa shape index (κ1) is 15.6. The minimum absolute atomic E-state index is 0.271. The van der Waals surface area contributed by atoms with Gasteiger partial charge in [0, 0.05) is 37.7 Å². The standard InChI is InChI=1S/C13H19BrFNO2/c1-13(17,3-4-18-2)9-16-8-10-5-11(14)7-12(15)6-10/h5-7,16-17H,3-4,8-9H2,1-2H3. The van der Waals surface area contributed by atoms with E-state index in [0.717, 1.165) is 5.56 Å². The van der Waals surface area contributed by atoms with Crippen LogP contribution in [0, 0.1) is 5.82 Å².